The summed E-state index contributed by atoms with van der Waals surface area (Å²) in [5, 5.41) is 9.26. The maximum absolute atomic E-state index is 13.3. The fraction of sp³-hybridized carbons (Fsp3) is 1.00. The zero-order valence-corrected chi connectivity index (χ0v) is 17.4. The van der Waals surface area contributed by atoms with Crippen molar-refractivity contribution in [3.63, 3.8) is 0 Å². The lowest BCUT2D eigenvalue weighted by Gasteiger charge is -2.36. The zero-order chi connectivity index (χ0) is 29.2. The van der Waals surface area contributed by atoms with E-state index >= 15 is 0 Å². The first-order valence-electron chi connectivity index (χ1n) is 8.46. The molecule has 0 fully saturated rings. The van der Waals surface area contributed by atoms with Gasteiger partial charge in [0.1, 0.15) is 6.61 Å². The second-order valence-electron chi connectivity index (χ2n) is 6.64. The second kappa shape index (κ2) is 10.8. The van der Waals surface area contributed by atoms with Crippen LogP contribution in [0.15, 0.2) is 0 Å². The Morgan fingerprint density at radius 1 is 0.694 bits per heavy atom. The molecule has 218 valence electrons. The van der Waals surface area contributed by atoms with Gasteiger partial charge in [0.25, 0.3) is 10.1 Å². The van der Waals surface area contributed by atoms with Crippen LogP contribution >= 0.6 is 0 Å². The van der Waals surface area contributed by atoms with Gasteiger partial charge < -0.3 is 9.84 Å². The summed E-state index contributed by atoms with van der Waals surface area (Å²) in [6, 6.07) is 0. The van der Waals surface area contributed by atoms with Crippen molar-refractivity contribution in [3.05, 3.63) is 0 Å². The lowest BCUT2D eigenvalue weighted by molar-refractivity contribution is -0.543. The molecule has 2 N–H and O–H groups in total. The monoisotopic (exact) mass is 598 g/mol. The van der Waals surface area contributed by atoms with Crippen molar-refractivity contribution in [2.75, 3.05) is 19.0 Å². The van der Waals surface area contributed by atoms with Gasteiger partial charge >= 0.3 is 42.5 Å². The van der Waals surface area contributed by atoms with Crippen LogP contribution in [0.25, 0.3) is 0 Å². The van der Waals surface area contributed by atoms with Gasteiger partial charge in [-0.15, -0.1) is 0 Å². The zero-order valence-electron chi connectivity index (χ0n) is 16.6. The van der Waals surface area contributed by atoms with E-state index in [0.717, 1.165) is 0 Å². The first kappa shape index (κ1) is 34.7. The topological polar surface area (TPSA) is 102 Å². The Morgan fingerprint density at radius 2 is 1.14 bits per heavy atom. The summed E-state index contributed by atoms with van der Waals surface area (Å²) in [4.78, 5) is 0. The molecule has 0 unspecified atom stereocenters. The number of aliphatic hydroxyl groups excluding tert-OH is 1. The van der Waals surface area contributed by atoms with E-state index in [9.17, 15) is 79.4 Å². The third-order valence-electron chi connectivity index (χ3n) is 3.51. The lowest BCUT2D eigenvalue weighted by Crippen LogP contribution is -2.64. The van der Waals surface area contributed by atoms with E-state index in [0.29, 0.717) is 0 Å². The van der Waals surface area contributed by atoms with Crippen molar-refractivity contribution < 1.29 is 98.1 Å². The van der Waals surface area contributed by atoms with E-state index in [1.807, 2.05) is 0 Å². The molecule has 0 aliphatic carbocycles. The quantitative estimate of drug-likeness (QED) is 0.215. The summed E-state index contributed by atoms with van der Waals surface area (Å²) in [5.74, 6) is -16.7. The van der Waals surface area contributed by atoms with Crippen LogP contribution in [0.1, 0.15) is 12.8 Å². The molecule has 1 atom stereocenters. The largest absolute Gasteiger partial charge is 0.460 e. The van der Waals surface area contributed by atoms with Crippen LogP contribution in [0.4, 0.5) is 65.9 Å². The van der Waals surface area contributed by atoms with Gasteiger partial charge in [0.15, 0.2) is 0 Å². The van der Waals surface area contributed by atoms with Gasteiger partial charge in [-0.05, 0) is 12.8 Å². The molecule has 0 radical (unpaired) electrons. The fourth-order valence-electron chi connectivity index (χ4n) is 1.82. The SMILES string of the molecule is O=S(=O)(O)CCC[C@@H](O)COCC(F)(F)OC(F)(F)C(F)(F)OC(F)(F)C(F)(F)C(F)(F)C(F)(F)F. The summed E-state index contributed by atoms with van der Waals surface area (Å²) in [6.45, 7) is -3.77. The minimum Gasteiger partial charge on any atom is -0.391 e. The van der Waals surface area contributed by atoms with Crippen molar-refractivity contribution >= 4 is 10.1 Å². The van der Waals surface area contributed by atoms with Gasteiger partial charge in [0.2, 0.25) is 0 Å². The van der Waals surface area contributed by atoms with Crippen molar-refractivity contribution in [1.29, 1.82) is 0 Å². The Balaban J connectivity index is 5.32. The number of hydrogen-bond acceptors (Lipinski definition) is 6. The second-order valence-corrected chi connectivity index (χ2v) is 8.21. The average Bonchev–Trinajstić information content (AvgIpc) is 2.56. The minimum absolute atomic E-state index is 0.496. The van der Waals surface area contributed by atoms with Crippen LogP contribution in [0, 0.1) is 0 Å². The summed E-state index contributed by atoms with van der Waals surface area (Å²) in [7, 11) is -4.49. The first-order valence-corrected chi connectivity index (χ1v) is 10.1. The Bertz CT molecular complexity index is 828. The van der Waals surface area contributed by atoms with Crippen molar-refractivity contribution in [2.45, 2.75) is 61.4 Å². The molecule has 23 heteroatoms. The third-order valence-corrected chi connectivity index (χ3v) is 4.31. The molecule has 0 saturated carbocycles. The highest BCUT2D eigenvalue weighted by Crippen LogP contribution is 2.55. The van der Waals surface area contributed by atoms with E-state index in [2.05, 4.69) is 9.47 Å². The van der Waals surface area contributed by atoms with E-state index < -0.39 is 90.5 Å². The lowest BCUT2D eigenvalue weighted by atomic mass is 10.1. The van der Waals surface area contributed by atoms with Crippen molar-refractivity contribution in [2.24, 2.45) is 0 Å². The summed E-state index contributed by atoms with van der Waals surface area (Å²) >= 11 is 0. The molecule has 0 heterocycles. The molecule has 7 nitrogen and oxygen atoms in total. The van der Waals surface area contributed by atoms with Crippen LogP contribution < -0.4 is 0 Å². The smallest absolute Gasteiger partial charge is 0.391 e. The molecule has 0 saturated heterocycles. The average molecular weight is 598 g/mol. The van der Waals surface area contributed by atoms with Crippen molar-refractivity contribution in [1.82, 2.24) is 0 Å². The molecule has 0 spiro atoms. The number of halogens is 15. The molecule has 0 aromatic heterocycles. The van der Waals surface area contributed by atoms with Gasteiger partial charge in [-0.1, -0.05) is 0 Å². The Labute approximate surface area is 189 Å². The van der Waals surface area contributed by atoms with Gasteiger partial charge in [0, 0.05) is 0 Å². The molecule has 36 heavy (non-hydrogen) atoms. The minimum atomic E-state index is -7.96. The third kappa shape index (κ3) is 8.92. The van der Waals surface area contributed by atoms with E-state index in [-0.39, 0.29) is 0 Å². The van der Waals surface area contributed by atoms with Crippen LogP contribution in [-0.4, -0.2) is 85.6 Å². The molecular formula is C13H13F15O7S. The molecule has 0 amide bonds. The summed E-state index contributed by atoms with van der Waals surface area (Å²) in [5.41, 5.74) is 0. The predicted molar refractivity (Wildman–Crippen MR) is 80.4 cm³/mol. The van der Waals surface area contributed by atoms with E-state index in [1.165, 1.54) is 4.74 Å². The predicted octanol–water partition coefficient (Wildman–Crippen LogP) is 4.27. The molecule has 0 aromatic carbocycles. The van der Waals surface area contributed by atoms with Gasteiger partial charge in [-0.25, -0.2) is 9.47 Å². The maximum atomic E-state index is 13.3. The van der Waals surface area contributed by atoms with Crippen LogP contribution in [0.3, 0.4) is 0 Å². The van der Waals surface area contributed by atoms with E-state index in [1.54, 1.807) is 0 Å². The molecule has 0 aromatic rings. The van der Waals surface area contributed by atoms with Gasteiger partial charge in [0.05, 0.1) is 18.5 Å². The Morgan fingerprint density at radius 3 is 1.56 bits per heavy atom. The summed E-state index contributed by atoms with van der Waals surface area (Å²) < 4.78 is 229. The molecule has 0 aliphatic heterocycles. The van der Waals surface area contributed by atoms with Gasteiger partial charge in [-0.3, -0.25) is 4.55 Å². The number of aliphatic hydroxyl groups is 1. The normalized spacial score (nSPS) is 16.4. The summed E-state index contributed by atoms with van der Waals surface area (Å²) in [6.07, 6.45) is -38.3. The van der Waals surface area contributed by atoms with Crippen LogP contribution in [-0.2, 0) is 24.3 Å². The molecule has 0 rings (SSSR count). The van der Waals surface area contributed by atoms with E-state index in [4.69, 9.17) is 4.55 Å². The van der Waals surface area contributed by atoms with Gasteiger partial charge in [-0.2, -0.15) is 74.3 Å². The number of rotatable bonds is 15. The first-order chi connectivity index (χ1) is 15.5. The fourth-order valence-corrected chi connectivity index (χ4v) is 2.35. The standard InChI is InChI=1S/C13H13F15O7S/c14-7(15,5-33-4-6(29)2-1-3-36(30,31)32)34-12(25,26)13(27,28)35-11(23,24)9(18,19)8(16,17)10(20,21)22/h6,29H,1-5H2,(H,30,31,32)/t6-/m1/s1. The number of ether oxygens (including phenoxy) is 3. The highest BCUT2D eigenvalue weighted by atomic mass is 32.2. The molecule has 0 bridgehead atoms. The van der Waals surface area contributed by atoms with Crippen molar-refractivity contribution in [3.8, 4) is 0 Å². The highest BCUT2D eigenvalue weighted by Gasteiger charge is 2.85. The molecule has 0 aliphatic rings. The Hall–Kier alpha value is -1.30. The Kier molecular flexibility index (Phi) is 10.4. The number of alkyl halides is 15. The highest BCUT2D eigenvalue weighted by molar-refractivity contribution is 7.85. The maximum Gasteiger partial charge on any atom is 0.460 e. The van der Waals surface area contributed by atoms with Crippen LogP contribution in [0.5, 0.6) is 0 Å². The number of hydrogen-bond donors (Lipinski definition) is 2. The molecular weight excluding hydrogens is 585 g/mol. The van der Waals surface area contributed by atoms with Crippen LogP contribution in [0.2, 0.25) is 0 Å².